The van der Waals surface area contributed by atoms with Gasteiger partial charge in [-0.25, -0.2) is 12.8 Å². The molecule has 5 heteroatoms. The third-order valence-corrected chi connectivity index (χ3v) is 6.61. The van der Waals surface area contributed by atoms with E-state index in [0.717, 1.165) is 12.8 Å². The van der Waals surface area contributed by atoms with E-state index in [1.165, 1.54) is 24.3 Å². The summed E-state index contributed by atoms with van der Waals surface area (Å²) in [6.45, 7) is 4.20. The first-order valence-corrected chi connectivity index (χ1v) is 8.50. The quantitative estimate of drug-likeness (QED) is 0.873. The molecule has 2 unspecified atom stereocenters. The van der Waals surface area contributed by atoms with Gasteiger partial charge in [0.25, 0.3) is 0 Å². The van der Waals surface area contributed by atoms with Crippen LogP contribution in [0.2, 0.25) is 0 Å². The lowest BCUT2D eigenvalue weighted by atomic mass is 9.73. The third-order valence-electron chi connectivity index (χ3n) is 4.38. The van der Waals surface area contributed by atoms with Crippen molar-refractivity contribution in [2.75, 3.05) is 7.05 Å². The fourth-order valence-corrected chi connectivity index (χ4v) is 5.50. The van der Waals surface area contributed by atoms with Crippen LogP contribution in [0.1, 0.15) is 33.1 Å². The van der Waals surface area contributed by atoms with Gasteiger partial charge in [0.2, 0.25) is 0 Å². The molecule has 112 valence electrons. The number of rotatable bonds is 3. The maximum atomic E-state index is 13.0. The molecule has 2 atom stereocenters. The maximum Gasteiger partial charge on any atom is 0.182 e. The van der Waals surface area contributed by atoms with Gasteiger partial charge in [-0.3, -0.25) is 0 Å². The number of hydrogen-bond donors (Lipinski definition) is 1. The van der Waals surface area contributed by atoms with Crippen molar-refractivity contribution in [3.63, 3.8) is 0 Å². The summed E-state index contributed by atoms with van der Waals surface area (Å²) in [5.41, 5.74) is -0.0647. The second kappa shape index (κ2) is 5.45. The number of hydrogen-bond acceptors (Lipinski definition) is 3. The van der Waals surface area contributed by atoms with Crippen LogP contribution in [-0.4, -0.2) is 26.8 Å². The Labute approximate surface area is 120 Å². The van der Waals surface area contributed by atoms with E-state index in [-0.39, 0.29) is 16.4 Å². The van der Waals surface area contributed by atoms with Crippen LogP contribution in [-0.2, 0) is 9.84 Å². The lowest BCUT2D eigenvalue weighted by Crippen LogP contribution is -2.54. The molecule has 1 saturated carbocycles. The predicted molar refractivity (Wildman–Crippen MR) is 77.9 cm³/mol. The largest absolute Gasteiger partial charge is 0.315 e. The van der Waals surface area contributed by atoms with Gasteiger partial charge < -0.3 is 5.32 Å². The zero-order valence-corrected chi connectivity index (χ0v) is 13.0. The Kier molecular flexibility index (Phi) is 4.21. The monoisotopic (exact) mass is 299 g/mol. The van der Waals surface area contributed by atoms with Crippen molar-refractivity contribution in [1.82, 2.24) is 5.32 Å². The minimum atomic E-state index is -3.44. The van der Waals surface area contributed by atoms with Gasteiger partial charge in [0, 0.05) is 6.04 Å². The molecule has 1 aliphatic carbocycles. The average Bonchev–Trinajstić information content (AvgIpc) is 2.37. The van der Waals surface area contributed by atoms with E-state index in [0.29, 0.717) is 6.42 Å². The van der Waals surface area contributed by atoms with Gasteiger partial charge in [-0.15, -0.1) is 0 Å². The highest BCUT2D eigenvalue weighted by molar-refractivity contribution is 7.92. The van der Waals surface area contributed by atoms with E-state index >= 15 is 0 Å². The summed E-state index contributed by atoms with van der Waals surface area (Å²) in [5, 5.41) is 2.72. The Morgan fingerprint density at radius 3 is 2.40 bits per heavy atom. The highest BCUT2D eigenvalue weighted by Gasteiger charge is 2.44. The molecular weight excluding hydrogens is 277 g/mol. The van der Waals surface area contributed by atoms with Crippen molar-refractivity contribution in [2.24, 2.45) is 5.41 Å². The summed E-state index contributed by atoms with van der Waals surface area (Å²) in [5.74, 6) is -0.418. The van der Waals surface area contributed by atoms with Crippen LogP contribution >= 0.6 is 0 Å². The summed E-state index contributed by atoms with van der Waals surface area (Å²) in [7, 11) is -1.63. The molecule has 0 spiro atoms. The second-order valence-electron chi connectivity index (χ2n) is 6.18. The first-order valence-electron chi connectivity index (χ1n) is 6.96. The fourth-order valence-electron chi connectivity index (χ4n) is 3.29. The zero-order valence-electron chi connectivity index (χ0n) is 12.2. The molecule has 0 aromatic heterocycles. The molecule has 1 aromatic rings. The molecule has 0 heterocycles. The molecule has 1 N–H and O–H groups in total. The highest BCUT2D eigenvalue weighted by atomic mass is 32.2. The van der Waals surface area contributed by atoms with Crippen molar-refractivity contribution in [3.8, 4) is 0 Å². The molecular formula is C15H22FNO2S. The molecule has 0 aliphatic heterocycles. The lowest BCUT2D eigenvalue weighted by molar-refractivity contribution is 0.178. The summed E-state index contributed by atoms with van der Waals surface area (Å²) < 4.78 is 38.6. The molecule has 2 rings (SSSR count). The van der Waals surface area contributed by atoms with Crippen molar-refractivity contribution in [1.29, 1.82) is 0 Å². The Hall–Kier alpha value is -0.940. The summed E-state index contributed by atoms with van der Waals surface area (Å²) in [6.07, 6.45) is 2.55. The Morgan fingerprint density at radius 2 is 1.85 bits per heavy atom. The van der Waals surface area contributed by atoms with E-state index in [1.807, 2.05) is 7.05 Å². The van der Waals surface area contributed by atoms with Crippen LogP contribution in [0.15, 0.2) is 29.2 Å². The van der Waals surface area contributed by atoms with Gasteiger partial charge in [-0.1, -0.05) is 20.3 Å². The van der Waals surface area contributed by atoms with Crippen LogP contribution in [0, 0.1) is 11.2 Å². The third kappa shape index (κ3) is 2.74. The van der Waals surface area contributed by atoms with Gasteiger partial charge in [-0.2, -0.15) is 0 Å². The molecule has 20 heavy (non-hydrogen) atoms. The van der Waals surface area contributed by atoms with Gasteiger partial charge in [-0.05, 0) is 49.6 Å². The Bertz CT molecular complexity index is 566. The van der Waals surface area contributed by atoms with Crippen molar-refractivity contribution < 1.29 is 12.8 Å². The van der Waals surface area contributed by atoms with Gasteiger partial charge in [0.15, 0.2) is 9.84 Å². The molecule has 1 fully saturated rings. The van der Waals surface area contributed by atoms with Crippen LogP contribution in [0.25, 0.3) is 0 Å². The topological polar surface area (TPSA) is 46.2 Å². The predicted octanol–water partition coefficient (Wildman–Crippen LogP) is 2.77. The lowest BCUT2D eigenvalue weighted by Gasteiger charge is -2.43. The smallest absolute Gasteiger partial charge is 0.182 e. The summed E-state index contributed by atoms with van der Waals surface area (Å²) >= 11 is 0. The van der Waals surface area contributed by atoms with Gasteiger partial charge in [0.05, 0.1) is 10.1 Å². The maximum absolute atomic E-state index is 13.0. The number of halogens is 1. The summed E-state index contributed by atoms with van der Waals surface area (Å²) in [4.78, 5) is 0.210. The average molecular weight is 299 g/mol. The number of benzene rings is 1. The Balaban J connectivity index is 2.39. The first-order chi connectivity index (χ1) is 9.29. The van der Waals surface area contributed by atoms with E-state index < -0.39 is 20.9 Å². The van der Waals surface area contributed by atoms with Crippen molar-refractivity contribution in [2.45, 2.75) is 49.3 Å². The number of nitrogens with one attached hydrogen (secondary N) is 1. The molecule has 0 amide bonds. The molecule has 0 radical (unpaired) electrons. The SMILES string of the molecule is CNC1C(S(=O)(=O)c2ccc(F)cc2)CCCC1(C)C. The van der Waals surface area contributed by atoms with Crippen molar-refractivity contribution >= 4 is 9.84 Å². The van der Waals surface area contributed by atoms with Crippen LogP contribution in [0.3, 0.4) is 0 Å². The van der Waals surface area contributed by atoms with E-state index in [9.17, 15) is 12.8 Å². The molecule has 1 aliphatic rings. The van der Waals surface area contributed by atoms with E-state index in [2.05, 4.69) is 19.2 Å². The van der Waals surface area contributed by atoms with Gasteiger partial charge in [0.1, 0.15) is 5.82 Å². The minimum Gasteiger partial charge on any atom is -0.315 e. The van der Waals surface area contributed by atoms with Crippen LogP contribution < -0.4 is 5.32 Å². The van der Waals surface area contributed by atoms with E-state index in [4.69, 9.17) is 0 Å². The van der Waals surface area contributed by atoms with Crippen molar-refractivity contribution in [3.05, 3.63) is 30.1 Å². The first kappa shape index (κ1) is 15.4. The fraction of sp³-hybridized carbons (Fsp3) is 0.600. The molecule has 1 aromatic carbocycles. The van der Waals surface area contributed by atoms with E-state index in [1.54, 1.807) is 0 Å². The molecule has 3 nitrogen and oxygen atoms in total. The highest BCUT2D eigenvalue weighted by Crippen LogP contribution is 2.40. The number of sulfone groups is 1. The molecule has 0 bridgehead atoms. The van der Waals surface area contributed by atoms with Crippen LogP contribution in [0.5, 0.6) is 0 Å². The summed E-state index contributed by atoms with van der Waals surface area (Å²) in [6, 6.07) is 5.04. The second-order valence-corrected chi connectivity index (χ2v) is 8.35. The molecule has 0 saturated heterocycles. The van der Waals surface area contributed by atoms with Crippen LogP contribution in [0.4, 0.5) is 4.39 Å². The van der Waals surface area contributed by atoms with Gasteiger partial charge >= 0.3 is 0 Å². The zero-order chi connectivity index (χ0) is 15.0. The Morgan fingerprint density at radius 1 is 1.25 bits per heavy atom. The standard InChI is InChI=1S/C15H22FNO2S/c1-15(2)10-4-5-13(14(15)17-3)20(18,19)12-8-6-11(16)7-9-12/h6-9,13-14,17H,4-5,10H2,1-3H3. The normalized spacial score (nSPS) is 26.4. The minimum absolute atomic E-state index is 0.0647.